The topological polar surface area (TPSA) is 50.4 Å². The predicted molar refractivity (Wildman–Crippen MR) is 69.0 cm³/mol. The number of hydrogen-bond acceptors (Lipinski definition) is 3. The van der Waals surface area contributed by atoms with Crippen molar-refractivity contribution in [1.82, 2.24) is 10.6 Å². The van der Waals surface area contributed by atoms with Gasteiger partial charge in [0, 0.05) is 13.1 Å². The molecule has 0 aromatic heterocycles. The van der Waals surface area contributed by atoms with Gasteiger partial charge in [-0.2, -0.15) is 0 Å². The van der Waals surface area contributed by atoms with Gasteiger partial charge in [0.15, 0.2) is 0 Å². The first kappa shape index (κ1) is 14.5. The molecule has 1 saturated carbocycles. The summed E-state index contributed by atoms with van der Waals surface area (Å²) in [5.74, 6) is 0.0392. The lowest BCUT2D eigenvalue weighted by Gasteiger charge is -2.20. The summed E-state index contributed by atoms with van der Waals surface area (Å²) in [7, 11) is 0. The molecule has 1 aliphatic rings. The van der Waals surface area contributed by atoms with Gasteiger partial charge < -0.3 is 15.4 Å². The summed E-state index contributed by atoms with van der Waals surface area (Å²) in [6, 6.07) is 0. The standard InChI is InChI=1S/C13H26N2O2/c1-3-12(17-11-7-5-6-8-11)13(16)15-10-9-14-4-2/h11-12,14H,3-10H2,1-2H3,(H,15,16). The van der Waals surface area contributed by atoms with Crippen LogP contribution >= 0.6 is 0 Å². The first-order valence-corrected chi connectivity index (χ1v) is 6.91. The molecule has 0 aromatic rings. The van der Waals surface area contributed by atoms with E-state index < -0.39 is 0 Å². The molecule has 0 spiro atoms. The molecule has 1 aliphatic carbocycles. The minimum absolute atomic E-state index is 0.0392. The zero-order chi connectivity index (χ0) is 12.5. The van der Waals surface area contributed by atoms with Crippen LogP contribution < -0.4 is 10.6 Å². The maximum absolute atomic E-state index is 11.9. The van der Waals surface area contributed by atoms with Crippen LogP contribution in [0.25, 0.3) is 0 Å². The molecule has 1 amide bonds. The van der Waals surface area contributed by atoms with Crippen molar-refractivity contribution in [1.29, 1.82) is 0 Å². The largest absolute Gasteiger partial charge is 0.365 e. The van der Waals surface area contributed by atoms with Gasteiger partial charge in [-0.15, -0.1) is 0 Å². The normalized spacial score (nSPS) is 18.2. The molecule has 2 N–H and O–H groups in total. The van der Waals surface area contributed by atoms with Crippen molar-refractivity contribution >= 4 is 5.91 Å². The predicted octanol–water partition coefficient (Wildman–Crippen LogP) is 1.45. The molecule has 0 saturated heterocycles. The van der Waals surface area contributed by atoms with Crippen LogP contribution in [-0.2, 0) is 9.53 Å². The molecule has 0 aliphatic heterocycles. The molecule has 100 valence electrons. The molecule has 0 radical (unpaired) electrons. The van der Waals surface area contributed by atoms with Crippen molar-refractivity contribution in [3.8, 4) is 0 Å². The van der Waals surface area contributed by atoms with Gasteiger partial charge in [0.1, 0.15) is 6.10 Å². The zero-order valence-corrected chi connectivity index (χ0v) is 11.1. The molecular formula is C13H26N2O2. The van der Waals surface area contributed by atoms with E-state index in [2.05, 4.69) is 17.6 Å². The molecule has 4 heteroatoms. The van der Waals surface area contributed by atoms with Gasteiger partial charge >= 0.3 is 0 Å². The van der Waals surface area contributed by atoms with Crippen LogP contribution in [0, 0.1) is 0 Å². The SMILES string of the molecule is CCNCCNC(=O)C(CC)OC1CCCC1. The summed E-state index contributed by atoms with van der Waals surface area (Å²) in [6.07, 6.45) is 5.50. The van der Waals surface area contributed by atoms with E-state index in [9.17, 15) is 4.79 Å². The molecular weight excluding hydrogens is 216 g/mol. The Bertz CT molecular complexity index is 215. The Kier molecular flexibility index (Phi) is 7.21. The van der Waals surface area contributed by atoms with Crippen molar-refractivity contribution in [2.45, 2.75) is 58.2 Å². The van der Waals surface area contributed by atoms with Crippen LogP contribution in [0.2, 0.25) is 0 Å². The Morgan fingerprint density at radius 1 is 1.29 bits per heavy atom. The van der Waals surface area contributed by atoms with Crippen molar-refractivity contribution in [2.75, 3.05) is 19.6 Å². The van der Waals surface area contributed by atoms with E-state index in [1.54, 1.807) is 0 Å². The quantitative estimate of drug-likeness (QED) is 0.633. The van der Waals surface area contributed by atoms with Crippen LogP contribution in [0.4, 0.5) is 0 Å². The Morgan fingerprint density at radius 3 is 2.59 bits per heavy atom. The minimum Gasteiger partial charge on any atom is -0.365 e. The highest BCUT2D eigenvalue weighted by molar-refractivity contribution is 5.80. The third-order valence-corrected chi connectivity index (χ3v) is 3.17. The molecule has 17 heavy (non-hydrogen) atoms. The van der Waals surface area contributed by atoms with E-state index in [-0.39, 0.29) is 12.0 Å². The Labute approximate surface area is 104 Å². The van der Waals surface area contributed by atoms with Gasteiger partial charge in [0.05, 0.1) is 6.10 Å². The van der Waals surface area contributed by atoms with E-state index in [0.717, 1.165) is 32.4 Å². The molecule has 1 atom stereocenters. The van der Waals surface area contributed by atoms with Crippen LogP contribution in [0.15, 0.2) is 0 Å². The number of rotatable bonds is 8. The molecule has 0 bridgehead atoms. The molecule has 1 fully saturated rings. The number of carbonyl (C=O) groups excluding carboxylic acids is 1. The van der Waals surface area contributed by atoms with Crippen LogP contribution in [0.1, 0.15) is 46.0 Å². The highest BCUT2D eigenvalue weighted by Crippen LogP contribution is 2.22. The van der Waals surface area contributed by atoms with Gasteiger partial charge in [-0.25, -0.2) is 0 Å². The first-order valence-electron chi connectivity index (χ1n) is 6.91. The van der Waals surface area contributed by atoms with E-state index in [1.165, 1.54) is 12.8 Å². The Morgan fingerprint density at radius 2 is 2.00 bits per heavy atom. The van der Waals surface area contributed by atoms with Crippen LogP contribution in [-0.4, -0.2) is 37.7 Å². The summed E-state index contributed by atoms with van der Waals surface area (Å²) < 4.78 is 5.85. The number of likely N-dealkylation sites (N-methyl/N-ethyl adjacent to an activating group) is 1. The molecule has 4 nitrogen and oxygen atoms in total. The van der Waals surface area contributed by atoms with Crippen molar-refractivity contribution in [2.24, 2.45) is 0 Å². The smallest absolute Gasteiger partial charge is 0.249 e. The van der Waals surface area contributed by atoms with Gasteiger partial charge in [-0.3, -0.25) is 4.79 Å². The van der Waals surface area contributed by atoms with E-state index in [0.29, 0.717) is 12.6 Å². The number of nitrogens with one attached hydrogen (secondary N) is 2. The van der Waals surface area contributed by atoms with Crippen LogP contribution in [0.3, 0.4) is 0 Å². The van der Waals surface area contributed by atoms with Gasteiger partial charge in [0.25, 0.3) is 0 Å². The van der Waals surface area contributed by atoms with Gasteiger partial charge in [-0.05, 0) is 25.8 Å². The lowest BCUT2D eigenvalue weighted by Crippen LogP contribution is -2.40. The fourth-order valence-electron chi connectivity index (χ4n) is 2.16. The number of carbonyl (C=O) groups is 1. The highest BCUT2D eigenvalue weighted by atomic mass is 16.5. The van der Waals surface area contributed by atoms with E-state index >= 15 is 0 Å². The maximum Gasteiger partial charge on any atom is 0.249 e. The van der Waals surface area contributed by atoms with Crippen molar-refractivity contribution < 1.29 is 9.53 Å². The summed E-state index contributed by atoms with van der Waals surface area (Å²) in [6.45, 7) is 6.49. The van der Waals surface area contributed by atoms with Gasteiger partial charge in [0.2, 0.25) is 5.91 Å². The molecule has 1 rings (SSSR count). The average Bonchev–Trinajstić information content (AvgIpc) is 2.84. The fourth-order valence-corrected chi connectivity index (χ4v) is 2.16. The maximum atomic E-state index is 11.9. The second-order valence-corrected chi connectivity index (χ2v) is 4.58. The first-order chi connectivity index (χ1) is 8.27. The van der Waals surface area contributed by atoms with Crippen molar-refractivity contribution in [3.05, 3.63) is 0 Å². The Hall–Kier alpha value is -0.610. The van der Waals surface area contributed by atoms with E-state index in [1.807, 2.05) is 6.92 Å². The third-order valence-electron chi connectivity index (χ3n) is 3.17. The summed E-state index contributed by atoms with van der Waals surface area (Å²) >= 11 is 0. The average molecular weight is 242 g/mol. The van der Waals surface area contributed by atoms with Crippen LogP contribution in [0.5, 0.6) is 0 Å². The number of hydrogen-bond donors (Lipinski definition) is 2. The zero-order valence-electron chi connectivity index (χ0n) is 11.1. The minimum atomic E-state index is -0.264. The number of amides is 1. The lowest BCUT2D eigenvalue weighted by atomic mass is 10.2. The lowest BCUT2D eigenvalue weighted by molar-refractivity contribution is -0.136. The highest BCUT2D eigenvalue weighted by Gasteiger charge is 2.23. The summed E-state index contributed by atoms with van der Waals surface area (Å²) in [5, 5.41) is 6.09. The molecule has 0 heterocycles. The fraction of sp³-hybridized carbons (Fsp3) is 0.923. The summed E-state index contributed by atoms with van der Waals surface area (Å²) in [5.41, 5.74) is 0. The number of ether oxygens (including phenoxy) is 1. The third kappa shape index (κ3) is 5.50. The molecule has 1 unspecified atom stereocenters. The Balaban J connectivity index is 2.20. The second-order valence-electron chi connectivity index (χ2n) is 4.58. The van der Waals surface area contributed by atoms with Gasteiger partial charge in [-0.1, -0.05) is 26.7 Å². The second kappa shape index (κ2) is 8.48. The molecule has 0 aromatic carbocycles. The van der Waals surface area contributed by atoms with E-state index in [4.69, 9.17) is 4.74 Å². The monoisotopic (exact) mass is 242 g/mol. The summed E-state index contributed by atoms with van der Waals surface area (Å²) in [4.78, 5) is 11.9. The van der Waals surface area contributed by atoms with Crippen molar-refractivity contribution in [3.63, 3.8) is 0 Å².